The first kappa shape index (κ1) is 16.3. The van der Waals surface area contributed by atoms with Gasteiger partial charge in [-0.15, -0.1) is 0 Å². The molecule has 6 heteroatoms. The molecule has 2 aromatic rings. The number of urea groups is 1. The average molecular weight is 344 g/mol. The van der Waals surface area contributed by atoms with Gasteiger partial charge in [0.15, 0.2) is 0 Å². The van der Waals surface area contributed by atoms with Crippen LogP contribution in [-0.2, 0) is 11.3 Å². The zero-order chi connectivity index (χ0) is 16.9. The Morgan fingerprint density at radius 1 is 1.21 bits per heavy atom. The summed E-state index contributed by atoms with van der Waals surface area (Å²) in [4.78, 5) is 26.5. The lowest BCUT2D eigenvalue weighted by molar-refractivity contribution is -0.127. The third kappa shape index (κ3) is 3.68. The van der Waals surface area contributed by atoms with Gasteiger partial charge in [-0.05, 0) is 23.3 Å². The van der Waals surface area contributed by atoms with E-state index >= 15 is 0 Å². The summed E-state index contributed by atoms with van der Waals surface area (Å²) in [5.74, 6) is -0.196. The molecule has 24 heavy (non-hydrogen) atoms. The van der Waals surface area contributed by atoms with Crippen LogP contribution in [0.1, 0.15) is 17.2 Å². The number of nitrogens with zero attached hydrogens (tertiary/aromatic N) is 1. The highest BCUT2D eigenvalue weighted by Crippen LogP contribution is 2.25. The SMILES string of the molecule is O=C1NCCN(C(=O)NCc2ccccc2)C1c1cccc(Cl)c1. The fourth-order valence-electron chi connectivity index (χ4n) is 2.77. The summed E-state index contributed by atoms with van der Waals surface area (Å²) in [6.45, 7) is 1.30. The van der Waals surface area contributed by atoms with E-state index in [2.05, 4.69) is 10.6 Å². The smallest absolute Gasteiger partial charge is 0.318 e. The quantitative estimate of drug-likeness (QED) is 0.900. The van der Waals surface area contributed by atoms with Crippen molar-refractivity contribution in [3.63, 3.8) is 0 Å². The normalized spacial score (nSPS) is 17.3. The number of rotatable bonds is 3. The van der Waals surface area contributed by atoms with Gasteiger partial charge in [-0.1, -0.05) is 54.1 Å². The third-order valence-electron chi connectivity index (χ3n) is 3.92. The van der Waals surface area contributed by atoms with Crippen LogP contribution in [0.3, 0.4) is 0 Å². The van der Waals surface area contributed by atoms with E-state index in [-0.39, 0.29) is 11.9 Å². The molecule has 1 saturated heterocycles. The summed E-state index contributed by atoms with van der Waals surface area (Å²) in [5.41, 5.74) is 1.71. The standard InChI is InChI=1S/C18H18ClN3O2/c19-15-8-4-7-14(11-15)16-17(23)20-9-10-22(16)18(24)21-12-13-5-2-1-3-6-13/h1-8,11,16H,9-10,12H2,(H,20,23)(H,21,24). The molecule has 1 fully saturated rings. The molecule has 2 N–H and O–H groups in total. The maximum absolute atomic E-state index is 12.6. The first-order chi connectivity index (χ1) is 11.6. The molecule has 5 nitrogen and oxygen atoms in total. The Bertz CT molecular complexity index is 736. The van der Waals surface area contributed by atoms with Crippen molar-refractivity contribution in [2.75, 3.05) is 13.1 Å². The Morgan fingerprint density at radius 2 is 2.00 bits per heavy atom. The fraction of sp³-hybridized carbons (Fsp3) is 0.222. The van der Waals surface area contributed by atoms with Crippen molar-refractivity contribution in [1.29, 1.82) is 0 Å². The average Bonchev–Trinajstić information content (AvgIpc) is 2.60. The molecule has 0 bridgehead atoms. The number of piperazine rings is 1. The summed E-state index contributed by atoms with van der Waals surface area (Å²) in [6.07, 6.45) is 0. The van der Waals surface area contributed by atoms with Gasteiger partial charge in [0.25, 0.3) is 0 Å². The predicted octanol–water partition coefficient (Wildman–Crippen LogP) is 2.72. The number of amides is 3. The first-order valence-corrected chi connectivity index (χ1v) is 8.14. The molecule has 1 aliphatic rings. The summed E-state index contributed by atoms with van der Waals surface area (Å²) in [7, 11) is 0. The summed E-state index contributed by atoms with van der Waals surface area (Å²) in [5, 5.41) is 6.22. The Hall–Kier alpha value is -2.53. The maximum Gasteiger partial charge on any atom is 0.318 e. The van der Waals surface area contributed by atoms with Crippen molar-refractivity contribution in [1.82, 2.24) is 15.5 Å². The largest absolute Gasteiger partial charge is 0.352 e. The lowest BCUT2D eigenvalue weighted by atomic mass is 10.0. The van der Waals surface area contributed by atoms with E-state index in [4.69, 9.17) is 11.6 Å². The first-order valence-electron chi connectivity index (χ1n) is 7.77. The van der Waals surface area contributed by atoms with E-state index in [0.717, 1.165) is 5.56 Å². The Labute approximate surface area is 145 Å². The highest BCUT2D eigenvalue weighted by atomic mass is 35.5. The number of hydrogen-bond donors (Lipinski definition) is 2. The second-order valence-electron chi connectivity index (χ2n) is 5.59. The van der Waals surface area contributed by atoms with Crippen LogP contribution >= 0.6 is 11.6 Å². The fourth-order valence-corrected chi connectivity index (χ4v) is 2.97. The number of hydrogen-bond acceptors (Lipinski definition) is 2. The highest BCUT2D eigenvalue weighted by Gasteiger charge is 2.34. The highest BCUT2D eigenvalue weighted by molar-refractivity contribution is 6.30. The lowest BCUT2D eigenvalue weighted by Gasteiger charge is -2.35. The van der Waals surface area contributed by atoms with E-state index < -0.39 is 6.04 Å². The summed E-state index contributed by atoms with van der Waals surface area (Å²) < 4.78 is 0. The molecular formula is C18H18ClN3O2. The molecule has 0 spiro atoms. The molecule has 1 unspecified atom stereocenters. The van der Waals surface area contributed by atoms with Crippen LogP contribution in [0, 0.1) is 0 Å². The summed E-state index contributed by atoms with van der Waals surface area (Å²) >= 11 is 6.03. The van der Waals surface area contributed by atoms with Gasteiger partial charge < -0.3 is 15.5 Å². The van der Waals surface area contributed by atoms with Crippen LogP contribution in [0.5, 0.6) is 0 Å². The minimum atomic E-state index is -0.673. The van der Waals surface area contributed by atoms with Gasteiger partial charge in [0, 0.05) is 24.7 Å². The van der Waals surface area contributed by atoms with Gasteiger partial charge in [0.2, 0.25) is 5.91 Å². The Morgan fingerprint density at radius 3 is 2.75 bits per heavy atom. The molecule has 3 rings (SSSR count). The van der Waals surface area contributed by atoms with Crippen LogP contribution in [0.2, 0.25) is 5.02 Å². The molecule has 1 aliphatic heterocycles. The molecule has 3 amide bonds. The van der Waals surface area contributed by atoms with Gasteiger partial charge in [-0.25, -0.2) is 4.79 Å². The Kier molecular flexibility index (Phi) is 5.01. The van der Waals surface area contributed by atoms with E-state index in [1.54, 1.807) is 29.2 Å². The second kappa shape index (κ2) is 7.36. The predicted molar refractivity (Wildman–Crippen MR) is 92.6 cm³/mol. The molecule has 2 aromatic carbocycles. The number of nitrogens with one attached hydrogen (secondary N) is 2. The molecule has 0 saturated carbocycles. The van der Waals surface area contributed by atoms with Crippen molar-refractivity contribution in [3.8, 4) is 0 Å². The molecule has 1 atom stereocenters. The molecule has 0 aromatic heterocycles. The topological polar surface area (TPSA) is 61.4 Å². The van der Waals surface area contributed by atoms with Crippen molar-refractivity contribution in [2.45, 2.75) is 12.6 Å². The van der Waals surface area contributed by atoms with Crippen molar-refractivity contribution < 1.29 is 9.59 Å². The monoisotopic (exact) mass is 343 g/mol. The van der Waals surface area contributed by atoms with Gasteiger partial charge in [-0.3, -0.25) is 4.79 Å². The van der Waals surface area contributed by atoms with E-state index in [1.807, 2.05) is 30.3 Å². The number of halogens is 1. The molecule has 124 valence electrons. The minimum absolute atomic E-state index is 0.196. The summed E-state index contributed by atoms with van der Waals surface area (Å²) in [6, 6.07) is 15.8. The number of benzene rings is 2. The molecule has 1 heterocycles. The van der Waals surface area contributed by atoms with Gasteiger partial charge in [-0.2, -0.15) is 0 Å². The number of carbonyl (C=O) groups excluding carboxylic acids is 2. The lowest BCUT2D eigenvalue weighted by Crippen LogP contribution is -2.54. The van der Waals surface area contributed by atoms with E-state index in [9.17, 15) is 9.59 Å². The minimum Gasteiger partial charge on any atom is -0.352 e. The van der Waals surface area contributed by atoms with Crippen molar-refractivity contribution >= 4 is 23.5 Å². The Balaban J connectivity index is 1.76. The second-order valence-corrected chi connectivity index (χ2v) is 6.02. The van der Waals surface area contributed by atoms with Crippen molar-refractivity contribution in [2.24, 2.45) is 0 Å². The van der Waals surface area contributed by atoms with Crippen LogP contribution < -0.4 is 10.6 Å². The third-order valence-corrected chi connectivity index (χ3v) is 4.16. The molecular weight excluding hydrogens is 326 g/mol. The van der Waals surface area contributed by atoms with Crippen LogP contribution in [-0.4, -0.2) is 29.9 Å². The zero-order valence-corrected chi connectivity index (χ0v) is 13.8. The van der Waals surface area contributed by atoms with Crippen LogP contribution in [0.25, 0.3) is 0 Å². The van der Waals surface area contributed by atoms with Crippen molar-refractivity contribution in [3.05, 3.63) is 70.7 Å². The van der Waals surface area contributed by atoms with Gasteiger partial charge in [0.05, 0.1) is 0 Å². The van der Waals surface area contributed by atoms with Crippen LogP contribution in [0.4, 0.5) is 4.79 Å². The molecule has 0 aliphatic carbocycles. The van der Waals surface area contributed by atoms with Gasteiger partial charge in [0.1, 0.15) is 6.04 Å². The van der Waals surface area contributed by atoms with Gasteiger partial charge >= 0.3 is 6.03 Å². The maximum atomic E-state index is 12.6. The van der Waals surface area contributed by atoms with E-state index in [0.29, 0.717) is 30.2 Å². The van der Waals surface area contributed by atoms with Crippen LogP contribution in [0.15, 0.2) is 54.6 Å². The number of carbonyl (C=O) groups is 2. The van der Waals surface area contributed by atoms with E-state index in [1.165, 1.54) is 0 Å². The molecule has 0 radical (unpaired) electrons. The zero-order valence-electron chi connectivity index (χ0n) is 13.0.